The largest absolute Gasteiger partial charge is 0.461 e. The van der Waals surface area contributed by atoms with Gasteiger partial charge in [0.2, 0.25) is 5.91 Å². The number of esters is 1. The molecule has 3 aliphatic heterocycles. The molecular weight excluding hydrogens is 546 g/mol. The number of hydrogen-bond acceptors (Lipinski definition) is 7. The Bertz CT molecular complexity index is 1170. The zero-order valence-electron chi connectivity index (χ0n) is 26.1. The first-order valence-electron chi connectivity index (χ1n) is 15.9. The second-order valence-corrected chi connectivity index (χ2v) is 11.8. The molecule has 3 heterocycles. The van der Waals surface area contributed by atoms with Gasteiger partial charge in [-0.25, -0.2) is 0 Å². The van der Waals surface area contributed by atoms with Gasteiger partial charge in [0.1, 0.15) is 24.2 Å². The second kappa shape index (κ2) is 14.1. The molecule has 1 aromatic rings. The van der Waals surface area contributed by atoms with E-state index in [1.165, 1.54) is 6.08 Å². The SMILES string of the molecule is C=CCOC(=O)[C@H]1[C@H]2C(=O)N(CCCCCCO)C(C(=O)N(CC=C)c3ccc(N(CC)CC)cc3)C23CC[C@]1(CC)O3. The number of nitrogens with zero attached hydrogens (tertiary/aromatic N) is 3. The van der Waals surface area contributed by atoms with Gasteiger partial charge in [0.25, 0.3) is 5.91 Å². The molecule has 3 aliphatic rings. The smallest absolute Gasteiger partial charge is 0.313 e. The van der Waals surface area contributed by atoms with Gasteiger partial charge in [-0.3, -0.25) is 14.4 Å². The molecule has 9 nitrogen and oxygen atoms in total. The monoisotopic (exact) mass is 595 g/mol. The van der Waals surface area contributed by atoms with Gasteiger partial charge in [0, 0.05) is 44.2 Å². The van der Waals surface area contributed by atoms with Gasteiger partial charge >= 0.3 is 5.97 Å². The maximum Gasteiger partial charge on any atom is 0.313 e. The number of ether oxygens (including phenoxy) is 2. The Kier molecular flexibility index (Phi) is 10.7. The molecule has 1 aromatic carbocycles. The van der Waals surface area contributed by atoms with Crippen LogP contribution in [0.1, 0.15) is 65.7 Å². The number of aliphatic hydroxyl groups excluding tert-OH is 1. The molecule has 0 radical (unpaired) electrons. The van der Waals surface area contributed by atoms with E-state index in [4.69, 9.17) is 9.47 Å². The summed E-state index contributed by atoms with van der Waals surface area (Å²) in [4.78, 5) is 48.2. The van der Waals surface area contributed by atoms with Crippen LogP contribution in [-0.2, 0) is 23.9 Å². The minimum Gasteiger partial charge on any atom is -0.461 e. The lowest BCUT2D eigenvalue weighted by molar-refractivity contribution is -0.159. The fraction of sp³-hybridized carbons (Fsp3) is 0.618. The first-order valence-corrected chi connectivity index (χ1v) is 15.9. The van der Waals surface area contributed by atoms with E-state index in [1.54, 1.807) is 15.9 Å². The average Bonchev–Trinajstić information content (AvgIpc) is 3.63. The number of unbranched alkanes of at least 4 members (excludes halogenated alkanes) is 3. The quantitative estimate of drug-likeness (QED) is 0.161. The van der Waals surface area contributed by atoms with Crippen molar-refractivity contribution in [2.45, 2.75) is 83.0 Å². The first kappa shape index (κ1) is 32.7. The minimum atomic E-state index is -1.12. The van der Waals surface area contributed by atoms with E-state index in [2.05, 4.69) is 31.9 Å². The predicted octanol–water partition coefficient (Wildman–Crippen LogP) is 4.49. The Morgan fingerprint density at radius 1 is 1.05 bits per heavy atom. The van der Waals surface area contributed by atoms with Crippen LogP contribution < -0.4 is 9.80 Å². The summed E-state index contributed by atoms with van der Waals surface area (Å²) < 4.78 is 12.4. The van der Waals surface area contributed by atoms with Crippen molar-refractivity contribution in [1.82, 2.24) is 4.90 Å². The zero-order valence-corrected chi connectivity index (χ0v) is 26.1. The van der Waals surface area contributed by atoms with Crippen LogP contribution in [-0.4, -0.2) is 84.4 Å². The summed E-state index contributed by atoms with van der Waals surface area (Å²) in [7, 11) is 0. The highest BCUT2D eigenvalue weighted by Crippen LogP contribution is 2.64. The zero-order chi connectivity index (χ0) is 31.2. The number of benzene rings is 1. The lowest BCUT2D eigenvalue weighted by Gasteiger charge is -2.37. The maximum absolute atomic E-state index is 14.8. The topological polar surface area (TPSA) is 99.6 Å². The van der Waals surface area contributed by atoms with Crippen LogP contribution in [0.15, 0.2) is 49.6 Å². The van der Waals surface area contributed by atoms with Gasteiger partial charge in [-0.15, -0.1) is 6.58 Å². The molecule has 236 valence electrons. The van der Waals surface area contributed by atoms with Gasteiger partial charge in [-0.05, 0) is 70.2 Å². The van der Waals surface area contributed by atoms with Crippen LogP contribution >= 0.6 is 0 Å². The molecule has 1 spiro atoms. The predicted molar refractivity (Wildman–Crippen MR) is 168 cm³/mol. The number of amides is 2. The molecule has 3 fully saturated rings. The number of carbonyl (C=O) groups is 3. The third-order valence-electron chi connectivity index (χ3n) is 9.69. The molecule has 43 heavy (non-hydrogen) atoms. The molecule has 0 saturated carbocycles. The van der Waals surface area contributed by atoms with Crippen LogP contribution in [0.3, 0.4) is 0 Å². The number of likely N-dealkylation sites (tertiary alicyclic amines) is 1. The fourth-order valence-corrected chi connectivity index (χ4v) is 7.61. The third-order valence-corrected chi connectivity index (χ3v) is 9.69. The molecule has 5 atom stereocenters. The highest BCUT2D eigenvalue weighted by molar-refractivity contribution is 6.05. The van der Waals surface area contributed by atoms with Crippen molar-refractivity contribution in [3.63, 3.8) is 0 Å². The van der Waals surface area contributed by atoms with Gasteiger partial charge in [0.05, 0.1) is 11.5 Å². The molecule has 0 aromatic heterocycles. The van der Waals surface area contributed by atoms with Gasteiger partial charge < -0.3 is 29.3 Å². The van der Waals surface area contributed by atoms with Crippen LogP contribution in [0, 0.1) is 11.8 Å². The summed E-state index contributed by atoms with van der Waals surface area (Å²) >= 11 is 0. The highest BCUT2D eigenvalue weighted by Gasteiger charge is 2.79. The van der Waals surface area contributed by atoms with E-state index in [0.717, 1.165) is 37.3 Å². The van der Waals surface area contributed by atoms with E-state index < -0.39 is 35.0 Å². The number of rotatable bonds is 17. The van der Waals surface area contributed by atoms with E-state index in [0.29, 0.717) is 38.6 Å². The van der Waals surface area contributed by atoms with Gasteiger partial charge in [-0.1, -0.05) is 38.5 Å². The maximum atomic E-state index is 14.8. The Balaban J connectivity index is 1.73. The summed E-state index contributed by atoms with van der Waals surface area (Å²) in [6, 6.07) is 7.03. The van der Waals surface area contributed by atoms with Crippen LogP contribution in [0.5, 0.6) is 0 Å². The Morgan fingerprint density at radius 2 is 1.72 bits per heavy atom. The van der Waals surface area contributed by atoms with E-state index in [9.17, 15) is 19.5 Å². The summed E-state index contributed by atoms with van der Waals surface area (Å²) in [5.41, 5.74) is -0.176. The summed E-state index contributed by atoms with van der Waals surface area (Å²) in [6.07, 6.45) is 7.87. The van der Waals surface area contributed by atoms with Crippen molar-refractivity contribution in [2.75, 3.05) is 49.2 Å². The van der Waals surface area contributed by atoms with Crippen LogP contribution in [0.4, 0.5) is 11.4 Å². The van der Waals surface area contributed by atoms with Crippen molar-refractivity contribution in [3.8, 4) is 0 Å². The number of hydrogen-bond donors (Lipinski definition) is 1. The van der Waals surface area contributed by atoms with Crippen molar-refractivity contribution in [1.29, 1.82) is 0 Å². The van der Waals surface area contributed by atoms with E-state index in [1.807, 2.05) is 31.2 Å². The summed E-state index contributed by atoms with van der Waals surface area (Å²) in [6.45, 7) is 16.3. The minimum absolute atomic E-state index is 0.0522. The van der Waals surface area contributed by atoms with Crippen molar-refractivity contribution < 1.29 is 29.0 Å². The molecule has 3 saturated heterocycles. The number of carbonyl (C=O) groups excluding carboxylic acids is 3. The Labute approximate surface area is 256 Å². The van der Waals surface area contributed by atoms with Gasteiger partial charge in [0.15, 0.2) is 0 Å². The molecule has 2 unspecified atom stereocenters. The van der Waals surface area contributed by atoms with E-state index in [-0.39, 0.29) is 31.6 Å². The summed E-state index contributed by atoms with van der Waals surface area (Å²) in [5, 5.41) is 9.21. The molecule has 1 N–H and O–H groups in total. The lowest BCUT2D eigenvalue weighted by atomic mass is 9.65. The van der Waals surface area contributed by atoms with Crippen molar-refractivity contribution in [2.24, 2.45) is 11.8 Å². The Hall–Kier alpha value is -3.17. The molecule has 9 heteroatoms. The molecule has 2 amide bonds. The number of anilines is 2. The van der Waals surface area contributed by atoms with Gasteiger partial charge in [-0.2, -0.15) is 0 Å². The fourth-order valence-electron chi connectivity index (χ4n) is 7.61. The van der Waals surface area contributed by atoms with Crippen molar-refractivity contribution >= 4 is 29.2 Å². The third kappa shape index (κ3) is 5.86. The van der Waals surface area contributed by atoms with Crippen LogP contribution in [0.2, 0.25) is 0 Å². The molecular formula is C34H49N3O6. The first-order chi connectivity index (χ1) is 20.8. The standard InChI is InChI=1S/C34H49N3O6/c1-6-21-36(26-17-15-25(16-18-26)35(9-4)10-5)31(40)29-34-20-19-33(8-3,43-34)28(32(41)42-24-7-2)27(34)30(39)37(29)22-13-11-12-14-23-38/h6-7,15-18,27-29,38H,1-2,8-14,19-24H2,3-5H3/t27-,28+,29?,33-,34?/m0/s1. The van der Waals surface area contributed by atoms with E-state index >= 15 is 0 Å². The normalized spacial score (nSPS) is 27.2. The summed E-state index contributed by atoms with van der Waals surface area (Å²) in [5.74, 6) is -2.48. The van der Waals surface area contributed by atoms with Crippen molar-refractivity contribution in [3.05, 3.63) is 49.6 Å². The number of aliphatic hydroxyl groups is 1. The molecule has 0 aliphatic carbocycles. The van der Waals surface area contributed by atoms with Crippen LogP contribution in [0.25, 0.3) is 0 Å². The highest BCUT2D eigenvalue weighted by atomic mass is 16.6. The average molecular weight is 596 g/mol. The molecule has 4 rings (SSSR count). The number of fused-ring (bicyclic) bond motifs is 1. The second-order valence-electron chi connectivity index (χ2n) is 11.8. The molecule has 2 bridgehead atoms. The lowest BCUT2D eigenvalue weighted by Crippen LogP contribution is -2.56. The Morgan fingerprint density at radius 3 is 2.33 bits per heavy atom.